The Kier molecular flexibility index (Phi) is 4.24. The summed E-state index contributed by atoms with van der Waals surface area (Å²) >= 11 is 0. The summed E-state index contributed by atoms with van der Waals surface area (Å²) in [4.78, 5) is 13.2. The average molecular weight is 350 g/mol. The van der Waals surface area contributed by atoms with Gasteiger partial charge in [-0.2, -0.15) is 5.10 Å². The third-order valence-corrected chi connectivity index (χ3v) is 4.97. The van der Waals surface area contributed by atoms with Gasteiger partial charge in [-0.15, -0.1) is 0 Å². The standard InChI is InChI=1S/C20H22N4O2/c1-14-18(10-7-16-11-12-22-24(14)16)15-5-8-17(9-6-15)26-19-4-2-3-13-23(19)20(21)25/h5-12,19H,2-4,13H2,1H3,(H2,21,25). The van der Waals surface area contributed by atoms with Crippen LogP contribution < -0.4 is 10.5 Å². The summed E-state index contributed by atoms with van der Waals surface area (Å²) in [6.07, 6.45) is 4.33. The van der Waals surface area contributed by atoms with Gasteiger partial charge in [0.15, 0.2) is 6.23 Å². The lowest BCUT2D eigenvalue weighted by molar-refractivity contribution is 0.0270. The fraction of sp³-hybridized carbons (Fsp3) is 0.300. The number of amides is 2. The van der Waals surface area contributed by atoms with Crippen LogP contribution in [0.1, 0.15) is 25.0 Å². The molecule has 1 aromatic carbocycles. The van der Waals surface area contributed by atoms with Crippen LogP contribution in [-0.2, 0) is 0 Å². The van der Waals surface area contributed by atoms with Gasteiger partial charge in [-0.1, -0.05) is 18.2 Å². The van der Waals surface area contributed by atoms with Crippen molar-refractivity contribution < 1.29 is 9.53 Å². The van der Waals surface area contributed by atoms with Gasteiger partial charge in [0.25, 0.3) is 0 Å². The third-order valence-electron chi connectivity index (χ3n) is 4.97. The van der Waals surface area contributed by atoms with Gasteiger partial charge in [-0.3, -0.25) is 4.90 Å². The molecule has 2 amide bonds. The van der Waals surface area contributed by atoms with E-state index in [1.54, 1.807) is 11.1 Å². The molecule has 2 N–H and O–H groups in total. The normalized spacial score (nSPS) is 17.4. The number of urea groups is 1. The number of rotatable bonds is 3. The molecular weight excluding hydrogens is 328 g/mol. The molecule has 1 aliphatic heterocycles. The molecule has 0 spiro atoms. The fourth-order valence-electron chi connectivity index (χ4n) is 3.57. The Labute approximate surface area is 152 Å². The predicted molar refractivity (Wildman–Crippen MR) is 99.9 cm³/mol. The van der Waals surface area contributed by atoms with Crippen molar-refractivity contribution in [3.8, 4) is 16.9 Å². The molecule has 1 saturated heterocycles. The summed E-state index contributed by atoms with van der Waals surface area (Å²) in [7, 11) is 0. The second-order valence-electron chi connectivity index (χ2n) is 6.62. The second-order valence-corrected chi connectivity index (χ2v) is 6.62. The van der Waals surface area contributed by atoms with Gasteiger partial charge < -0.3 is 10.5 Å². The molecule has 2 aromatic heterocycles. The number of aryl methyl sites for hydroxylation is 1. The Morgan fingerprint density at radius 3 is 2.73 bits per heavy atom. The molecule has 0 bridgehead atoms. The van der Waals surface area contributed by atoms with Crippen LogP contribution in [0.2, 0.25) is 0 Å². The first-order valence-electron chi connectivity index (χ1n) is 8.90. The zero-order chi connectivity index (χ0) is 18.1. The maximum absolute atomic E-state index is 11.6. The lowest BCUT2D eigenvalue weighted by Crippen LogP contribution is -2.49. The Hall–Kier alpha value is -3.02. The van der Waals surface area contributed by atoms with Crippen molar-refractivity contribution in [3.05, 3.63) is 54.4 Å². The molecule has 1 atom stereocenters. The first-order chi connectivity index (χ1) is 12.6. The summed E-state index contributed by atoms with van der Waals surface area (Å²) < 4.78 is 7.95. The number of ether oxygens (including phenoxy) is 1. The molecule has 0 aliphatic carbocycles. The number of piperidine rings is 1. The van der Waals surface area contributed by atoms with Crippen LogP contribution in [0, 0.1) is 6.92 Å². The van der Waals surface area contributed by atoms with E-state index in [0.29, 0.717) is 6.54 Å². The highest BCUT2D eigenvalue weighted by molar-refractivity contribution is 5.72. The maximum atomic E-state index is 11.6. The molecule has 1 unspecified atom stereocenters. The van der Waals surface area contributed by atoms with E-state index in [-0.39, 0.29) is 6.23 Å². The molecule has 4 rings (SSSR count). The molecule has 6 nitrogen and oxygen atoms in total. The summed E-state index contributed by atoms with van der Waals surface area (Å²) in [5, 5.41) is 4.37. The van der Waals surface area contributed by atoms with Crippen LogP contribution in [0.3, 0.4) is 0 Å². The number of hydrogen-bond donors (Lipinski definition) is 1. The first-order valence-corrected chi connectivity index (χ1v) is 8.90. The topological polar surface area (TPSA) is 72.9 Å². The molecule has 3 heterocycles. The van der Waals surface area contributed by atoms with Crippen molar-refractivity contribution in [1.29, 1.82) is 0 Å². The van der Waals surface area contributed by atoms with E-state index in [0.717, 1.165) is 47.3 Å². The van der Waals surface area contributed by atoms with Crippen LogP contribution >= 0.6 is 0 Å². The minimum Gasteiger partial charge on any atom is -0.470 e. The van der Waals surface area contributed by atoms with Crippen molar-refractivity contribution in [2.45, 2.75) is 32.4 Å². The van der Waals surface area contributed by atoms with E-state index < -0.39 is 6.03 Å². The van der Waals surface area contributed by atoms with Crippen molar-refractivity contribution in [1.82, 2.24) is 14.5 Å². The van der Waals surface area contributed by atoms with Crippen molar-refractivity contribution >= 4 is 11.5 Å². The minimum absolute atomic E-state index is 0.283. The van der Waals surface area contributed by atoms with Crippen molar-refractivity contribution in [3.63, 3.8) is 0 Å². The van der Waals surface area contributed by atoms with E-state index in [9.17, 15) is 4.79 Å². The smallest absolute Gasteiger partial charge is 0.317 e. The quantitative estimate of drug-likeness (QED) is 0.785. The molecule has 3 aromatic rings. The zero-order valence-electron chi connectivity index (χ0n) is 14.8. The number of carbonyl (C=O) groups is 1. The summed E-state index contributed by atoms with van der Waals surface area (Å²) in [5.41, 5.74) is 9.86. The maximum Gasteiger partial charge on any atom is 0.317 e. The van der Waals surface area contributed by atoms with Gasteiger partial charge >= 0.3 is 6.03 Å². The van der Waals surface area contributed by atoms with Gasteiger partial charge in [0, 0.05) is 30.4 Å². The number of fused-ring (bicyclic) bond motifs is 1. The van der Waals surface area contributed by atoms with Crippen LogP contribution in [0.4, 0.5) is 4.79 Å². The fourth-order valence-corrected chi connectivity index (χ4v) is 3.57. The number of hydrogen-bond acceptors (Lipinski definition) is 3. The summed E-state index contributed by atoms with van der Waals surface area (Å²) in [5.74, 6) is 0.740. The Morgan fingerprint density at radius 1 is 1.15 bits per heavy atom. The number of aromatic nitrogens is 2. The lowest BCUT2D eigenvalue weighted by Gasteiger charge is -2.34. The Bertz CT molecular complexity index is 933. The van der Waals surface area contributed by atoms with E-state index >= 15 is 0 Å². The molecule has 0 saturated carbocycles. The van der Waals surface area contributed by atoms with Crippen LogP contribution in [0.5, 0.6) is 5.75 Å². The molecule has 6 heteroatoms. The molecular formula is C20H22N4O2. The average Bonchev–Trinajstić information content (AvgIpc) is 3.13. The monoisotopic (exact) mass is 350 g/mol. The van der Waals surface area contributed by atoms with Crippen molar-refractivity contribution in [2.75, 3.05) is 6.54 Å². The van der Waals surface area contributed by atoms with Crippen molar-refractivity contribution in [2.24, 2.45) is 5.73 Å². The highest BCUT2D eigenvalue weighted by atomic mass is 16.5. The summed E-state index contributed by atoms with van der Waals surface area (Å²) in [6.45, 7) is 2.72. The Morgan fingerprint density at radius 2 is 1.96 bits per heavy atom. The van der Waals surface area contributed by atoms with Crippen LogP contribution in [-0.4, -0.2) is 33.3 Å². The SMILES string of the molecule is Cc1c(-c2ccc(OC3CCCCN3C(N)=O)cc2)ccc2ccnn12. The van der Waals surface area contributed by atoms with Crippen LogP contribution in [0.25, 0.3) is 16.6 Å². The first kappa shape index (κ1) is 16.4. The highest BCUT2D eigenvalue weighted by Gasteiger charge is 2.26. The highest BCUT2D eigenvalue weighted by Crippen LogP contribution is 2.28. The Balaban J connectivity index is 1.56. The van der Waals surface area contributed by atoms with E-state index in [1.807, 2.05) is 34.8 Å². The number of primary amides is 1. The van der Waals surface area contributed by atoms with Crippen LogP contribution in [0.15, 0.2) is 48.7 Å². The van der Waals surface area contributed by atoms with Gasteiger partial charge in [-0.05, 0) is 49.6 Å². The summed E-state index contributed by atoms with van der Waals surface area (Å²) in [6, 6.07) is 13.7. The molecule has 1 fully saturated rings. The largest absolute Gasteiger partial charge is 0.470 e. The minimum atomic E-state index is -0.422. The molecule has 26 heavy (non-hydrogen) atoms. The van der Waals surface area contributed by atoms with Gasteiger partial charge in [0.2, 0.25) is 0 Å². The van der Waals surface area contributed by atoms with E-state index in [1.165, 1.54) is 0 Å². The van der Waals surface area contributed by atoms with E-state index in [2.05, 4.69) is 24.2 Å². The number of nitrogens with two attached hydrogens (primary N) is 1. The van der Waals surface area contributed by atoms with Gasteiger partial charge in [0.1, 0.15) is 5.75 Å². The number of benzene rings is 1. The van der Waals surface area contributed by atoms with Gasteiger partial charge in [-0.25, -0.2) is 9.31 Å². The molecule has 1 aliphatic rings. The zero-order valence-corrected chi connectivity index (χ0v) is 14.8. The lowest BCUT2D eigenvalue weighted by atomic mass is 10.0. The van der Waals surface area contributed by atoms with E-state index in [4.69, 9.17) is 10.5 Å². The number of likely N-dealkylation sites (tertiary alicyclic amines) is 1. The second kappa shape index (κ2) is 6.71. The number of carbonyl (C=O) groups excluding carboxylic acids is 1. The predicted octanol–water partition coefficient (Wildman–Crippen LogP) is 3.58. The van der Waals surface area contributed by atoms with Gasteiger partial charge in [0.05, 0.1) is 5.52 Å². The number of pyridine rings is 1. The molecule has 0 radical (unpaired) electrons. The number of nitrogens with zero attached hydrogens (tertiary/aromatic N) is 3. The molecule has 134 valence electrons. The third kappa shape index (κ3) is 2.98.